The average Bonchev–Trinajstić information content (AvgIpc) is 2.69. The van der Waals surface area contributed by atoms with Gasteiger partial charge in [-0.15, -0.1) is 0 Å². The molecule has 0 heterocycles. The van der Waals surface area contributed by atoms with Crippen LogP contribution in [0.4, 0.5) is 0 Å². The molecule has 6 nitrogen and oxygen atoms in total. The molecule has 0 unspecified atom stereocenters. The van der Waals surface area contributed by atoms with Gasteiger partial charge in [-0.05, 0) is 60.3 Å². The average molecular weight is 459 g/mol. The Balaban J connectivity index is -0.000000204. The number of hydrogen-bond acceptors (Lipinski definition) is 4. The van der Waals surface area contributed by atoms with Gasteiger partial charge in [0, 0.05) is 43.8 Å². The van der Waals surface area contributed by atoms with Crippen LogP contribution in [0.25, 0.3) is 0 Å². The fourth-order valence-corrected chi connectivity index (χ4v) is 2.21. The van der Waals surface area contributed by atoms with Gasteiger partial charge in [0.15, 0.2) is 0 Å². The largest absolute Gasteiger partial charge is 0 e. The summed E-state index contributed by atoms with van der Waals surface area (Å²) in [5.41, 5.74) is 4.06. The molecule has 7 heteroatoms. The summed E-state index contributed by atoms with van der Waals surface area (Å²) in [6, 6.07) is 6.56. The van der Waals surface area contributed by atoms with Crippen LogP contribution in [-0.2, 0) is 45.6 Å². The van der Waals surface area contributed by atoms with E-state index in [-0.39, 0.29) is 17.4 Å². The van der Waals surface area contributed by atoms with Gasteiger partial charge in [-0.2, -0.15) is 0 Å². The van der Waals surface area contributed by atoms with Gasteiger partial charge in [-0.25, -0.2) is 0 Å². The summed E-state index contributed by atoms with van der Waals surface area (Å²) in [6.07, 6.45) is -1.00. The van der Waals surface area contributed by atoms with Crippen LogP contribution in [0, 0.1) is 45.9 Å². The summed E-state index contributed by atoms with van der Waals surface area (Å²) in [7, 11) is 0. The fourth-order valence-electron chi connectivity index (χ4n) is 2.21. The van der Waals surface area contributed by atoms with E-state index in [1.807, 2.05) is 27.7 Å². The van der Waals surface area contributed by atoms with Crippen LogP contribution in [0.5, 0.6) is 0 Å². The molecule has 0 aliphatic heterocycles. The minimum Gasteiger partial charge on any atom is 0 e. The molecular formula is C23H34CrO6. The molecule has 0 spiro atoms. The van der Waals surface area contributed by atoms with Gasteiger partial charge in [-0.1, -0.05) is 34.9 Å². The van der Waals surface area contributed by atoms with Crippen LogP contribution >= 0.6 is 0 Å². The zero-order valence-corrected chi connectivity index (χ0v) is 20.3. The summed E-state index contributed by atoms with van der Waals surface area (Å²) in [5.74, 6) is 5.69. The number of hydrogen-bond donors (Lipinski definition) is 0. The number of benzene rings is 1. The molecule has 168 valence electrons. The van der Waals surface area contributed by atoms with E-state index in [1.165, 1.54) is 16.7 Å². The molecule has 0 aromatic heterocycles. The van der Waals surface area contributed by atoms with E-state index >= 15 is 0 Å². The fraction of sp³-hybridized carbons (Fsp3) is 0.565. The predicted molar refractivity (Wildman–Crippen MR) is 110 cm³/mol. The molecule has 30 heavy (non-hydrogen) atoms. The summed E-state index contributed by atoms with van der Waals surface area (Å²) in [5, 5.41) is 0. The van der Waals surface area contributed by atoms with Crippen LogP contribution in [0.3, 0.4) is 0 Å². The van der Waals surface area contributed by atoms with Gasteiger partial charge in [0.1, 0.15) is 0 Å². The van der Waals surface area contributed by atoms with E-state index in [2.05, 4.69) is 64.1 Å². The standard InChI is InChI=1S/C12H22O4.C9H12.2CO.Cr/c1-5-13-11(14-6-2)9-10-12(15-7-3)16-8-4;1-7-4-8(2)6-9(3)5-7;2*1-2;/h11-12H,5-8H2,1-4H3;4-6H,1-3H3;;;. The molecule has 0 atom stereocenters. The molecular weight excluding hydrogens is 424 g/mol. The predicted octanol–water partition coefficient (Wildman–Crippen LogP) is 4.32. The van der Waals surface area contributed by atoms with Gasteiger partial charge < -0.3 is 18.9 Å². The SMILES string of the molecule is CCOC(C#CC(OCC)OCC)OCC.Cc1cc(C)cc(C)c1.[C-]#[O+].[C-]#[O+].[Cr]. The summed E-state index contributed by atoms with van der Waals surface area (Å²) >= 11 is 0. The van der Waals surface area contributed by atoms with E-state index < -0.39 is 12.6 Å². The Labute approximate surface area is 193 Å². The summed E-state index contributed by atoms with van der Waals surface area (Å²) < 4.78 is 36.1. The molecule has 0 saturated heterocycles. The maximum Gasteiger partial charge on any atom is 0 e. The molecule has 0 aliphatic rings. The normalized spacial score (nSPS) is 8.70. The number of aryl methyl sites for hydroxylation is 3. The Kier molecular flexibility index (Phi) is 33.2. The minimum absolute atomic E-state index is 0. The Morgan fingerprint density at radius 3 is 1.00 bits per heavy atom. The molecule has 0 bridgehead atoms. The topological polar surface area (TPSA) is 76.7 Å². The number of rotatable bonds is 8. The van der Waals surface area contributed by atoms with Gasteiger partial charge in [-0.3, -0.25) is 0 Å². The third-order valence-corrected chi connectivity index (χ3v) is 2.96. The Bertz CT molecular complexity index is 515. The van der Waals surface area contributed by atoms with Crippen molar-refractivity contribution in [3.8, 4) is 11.8 Å². The molecule has 0 aliphatic carbocycles. The van der Waals surface area contributed by atoms with Gasteiger partial charge >= 0.3 is 22.6 Å². The van der Waals surface area contributed by atoms with Gasteiger partial charge in [0.25, 0.3) is 0 Å². The third kappa shape index (κ3) is 22.9. The second-order valence-corrected chi connectivity index (χ2v) is 5.44. The molecule has 1 rings (SSSR count). The third-order valence-electron chi connectivity index (χ3n) is 2.96. The first kappa shape index (κ1) is 36.0. The van der Waals surface area contributed by atoms with Crippen molar-refractivity contribution in [3.05, 3.63) is 48.2 Å². The quantitative estimate of drug-likeness (QED) is 0.252. The van der Waals surface area contributed by atoms with Crippen molar-refractivity contribution in [1.29, 1.82) is 0 Å². The van der Waals surface area contributed by atoms with Crippen molar-refractivity contribution < 1.29 is 45.6 Å². The van der Waals surface area contributed by atoms with Crippen LogP contribution < -0.4 is 0 Å². The Morgan fingerprint density at radius 1 is 0.633 bits per heavy atom. The maximum atomic E-state index is 7.50. The summed E-state index contributed by atoms with van der Waals surface area (Å²) in [4.78, 5) is 0. The maximum absolute atomic E-state index is 7.50. The van der Waals surface area contributed by atoms with Crippen LogP contribution in [0.1, 0.15) is 44.4 Å². The summed E-state index contributed by atoms with van der Waals surface area (Å²) in [6.45, 7) is 25.2. The smallest absolute Gasteiger partial charge is 0 e. The van der Waals surface area contributed by atoms with E-state index in [0.717, 1.165) is 0 Å². The first-order valence-electron chi connectivity index (χ1n) is 9.39. The van der Waals surface area contributed by atoms with Crippen molar-refractivity contribution in [2.75, 3.05) is 26.4 Å². The zero-order chi connectivity index (χ0) is 23.1. The second-order valence-electron chi connectivity index (χ2n) is 5.44. The zero-order valence-electron chi connectivity index (χ0n) is 19.1. The molecule has 1 aromatic carbocycles. The van der Waals surface area contributed by atoms with Crippen LogP contribution in [0.2, 0.25) is 0 Å². The molecule has 1 aromatic rings. The minimum atomic E-state index is -0.501. The van der Waals surface area contributed by atoms with E-state index in [4.69, 9.17) is 28.3 Å². The van der Waals surface area contributed by atoms with E-state index in [1.54, 1.807) is 0 Å². The van der Waals surface area contributed by atoms with E-state index in [0.29, 0.717) is 26.4 Å². The van der Waals surface area contributed by atoms with Crippen molar-refractivity contribution in [3.63, 3.8) is 0 Å². The first-order valence-corrected chi connectivity index (χ1v) is 9.39. The molecule has 0 radical (unpaired) electrons. The van der Waals surface area contributed by atoms with Crippen LogP contribution in [0.15, 0.2) is 18.2 Å². The molecule has 0 N–H and O–H groups in total. The van der Waals surface area contributed by atoms with Crippen molar-refractivity contribution in [2.45, 2.75) is 61.0 Å². The van der Waals surface area contributed by atoms with E-state index in [9.17, 15) is 0 Å². The van der Waals surface area contributed by atoms with Gasteiger partial charge in [0.05, 0.1) is 0 Å². The monoisotopic (exact) mass is 458 g/mol. The Morgan fingerprint density at radius 2 is 0.833 bits per heavy atom. The second kappa shape index (κ2) is 27.6. The molecule has 0 fully saturated rings. The molecule has 0 saturated carbocycles. The number of ether oxygens (including phenoxy) is 4. The molecule has 0 amide bonds. The van der Waals surface area contributed by atoms with Crippen LogP contribution in [-0.4, -0.2) is 39.0 Å². The van der Waals surface area contributed by atoms with Crippen molar-refractivity contribution >= 4 is 0 Å². The Hall–Kier alpha value is -1.37. The van der Waals surface area contributed by atoms with Gasteiger partial charge in [0.2, 0.25) is 12.6 Å². The van der Waals surface area contributed by atoms with Crippen molar-refractivity contribution in [2.24, 2.45) is 0 Å². The first-order chi connectivity index (χ1) is 14.0. The van der Waals surface area contributed by atoms with Crippen molar-refractivity contribution in [1.82, 2.24) is 0 Å².